The highest BCUT2D eigenvalue weighted by molar-refractivity contribution is 8.00. The summed E-state index contributed by atoms with van der Waals surface area (Å²) in [5.74, 6) is 1.11. The molecular formula is C8H8OS2. The summed E-state index contributed by atoms with van der Waals surface area (Å²) < 4.78 is 0. The summed E-state index contributed by atoms with van der Waals surface area (Å²) >= 11 is 3.52. The molecule has 0 bridgehead atoms. The van der Waals surface area contributed by atoms with Gasteiger partial charge in [-0.15, -0.1) is 23.1 Å². The quantitative estimate of drug-likeness (QED) is 0.667. The summed E-state index contributed by atoms with van der Waals surface area (Å²) in [7, 11) is 0. The van der Waals surface area contributed by atoms with E-state index >= 15 is 0 Å². The van der Waals surface area contributed by atoms with E-state index in [0.29, 0.717) is 16.8 Å². The molecule has 2 rings (SSSR count). The van der Waals surface area contributed by atoms with Crippen LogP contribution in [0.3, 0.4) is 0 Å². The van der Waals surface area contributed by atoms with Crippen molar-refractivity contribution in [1.29, 1.82) is 0 Å². The maximum absolute atomic E-state index is 10.9. The van der Waals surface area contributed by atoms with Crippen LogP contribution in [0.25, 0.3) is 0 Å². The predicted molar refractivity (Wildman–Crippen MR) is 49.1 cm³/mol. The van der Waals surface area contributed by atoms with Gasteiger partial charge in [0.2, 0.25) is 0 Å². The minimum absolute atomic E-state index is 0.397. The molecule has 2 heterocycles. The van der Waals surface area contributed by atoms with E-state index in [4.69, 9.17) is 0 Å². The molecule has 11 heavy (non-hydrogen) atoms. The third-order valence-electron chi connectivity index (χ3n) is 1.72. The van der Waals surface area contributed by atoms with Crippen molar-refractivity contribution in [2.24, 2.45) is 0 Å². The molecule has 0 radical (unpaired) electrons. The Kier molecular flexibility index (Phi) is 2.00. The molecule has 0 aliphatic carbocycles. The first-order valence-corrected chi connectivity index (χ1v) is 5.46. The Balaban J connectivity index is 2.13. The van der Waals surface area contributed by atoms with Gasteiger partial charge in [0.15, 0.2) is 0 Å². The lowest BCUT2D eigenvalue weighted by Gasteiger charge is -2.01. The third kappa shape index (κ3) is 1.49. The SMILES string of the molecule is O=C1CSC(c2cccs2)C1. The first kappa shape index (κ1) is 7.37. The summed E-state index contributed by atoms with van der Waals surface area (Å²) in [6, 6.07) is 4.16. The number of hydrogen-bond donors (Lipinski definition) is 0. The van der Waals surface area contributed by atoms with Gasteiger partial charge in [-0.25, -0.2) is 0 Å². The summed E-state index contributed by atoms with van der Waals surface area (Å²) in [6.45, 7) is 0. The van der Waals surface area contributed by atoms with Crippen molar-refractivity contribution in [3.05, 3.63) is 22.4 Å². The molecule has 1 aliphatic heterocycles. The largest absolute Gasteiger partial charge is 0.299 e. The molecule has 0 spiro atoms. The molecule has 0 N–H and O–H groups in total. The normalized spacial score (nSPS) is 24.4. The molecule has 1 aliphatic rings. The maximum atomic E-state index is 10.9. The molecule has 3 heteroatoms. The molecule has 1 atom stereocenters. The van der Waals surface area contributed by atoms with Crippen LogP contribution in [-0.2, 0) is 4.79 Å². The van der Waals surface area contributed by atoms with Crippen molar-refractivity contribution in [2.75, 3.05) is 5.75 Å². The second-order valence-corrected chi connectivity index (χ2v) is 4.73. The summed E-state index contributed by atoms with van der Waals surface area (Å²) in [5, 5.41) is 2.53. The minimum atomic E-state index is 0.397. The van der Waals surface area contributed by atoms with Gasteiger partial charge in [0.25, 0.3) is 0 Å². The number of ketones is 1. The van der Waals surface area contributed by atoms with Gasteiger partial charge in [0, 0.05) is 16.5 Å². The highest BCUT2D eigenvalue weighted by atomic mass is 32.2. The lowest BCUT2D eigenvalue weighted by Crippen LogP contribution is -1.91. The van der Waals surface area contributed by atoms with E-state index in [-0.39, 0.29) is 0 Å². The Hall–Kier alpha value is -0.280. The van der Waals surface area contributed by atoms with Gasteiger partial charge in [-0.1, -0.05) is 6.07 Å². The maximum Gasteiger partial charge on any atom is 0.144 e. The van der Waals surface area contributed by atoms with Crippen molar-refractivity contribution in [1.82, 2.24) is 0 Å². The third-order valence-corrected chi connectivity index (χ3v) is 4.17. The van der Waals surface area contributed by atoms with Crippen LogP contribution in [0.5, 0.6) is 0 Å². The zero-order chi connectivity index (χ0) is 7.68. The summed E-state index contributed by atoms with van der Waals surface area (Å²) in [5.41, 5.74) is 0. The van der Waals surface area contributed by atoms with Gasteiger partial charge >= 0.3 is 0 Å². The van der Waals surface area contributed by atoms with Gasteiger partial charge < -0.3 is 0 Å². The average molecular weight is 184 g/mol. The Bertz CT molecular complexity index is 253. The molecule has 0 aromatic carbocycles. The monoisotopic (exact) mass is 184 g/mol. The topological polar surface area (TPSA) is 17.1 Å². The van der Waals surface area contributed by atoms with Crippen molar-refractivity contribution in [2.45, 2.75) is 11.7 Å². The molecule has 0 amide bonds. The van der Waals surface area contributed by atoms with Crippen molar-refractivity contribution in [3.63, 3.8) is 0 Å². The molecular weight excluding hydrogens is 176 g/mol. The smallest absolute Gasteiger partial charge is 0.144 e. The molecule has 1 fully saturated rings. The predicted octanol–water partition coefficient (Wildman–Crippen LogP) is 2.50. The van der Waals surface area contributed by atoms with Crippen LogP contribution >= 0.6 is 23.1 Å². The van der Waals surface area contributed by atoms with Crippen LogP contribution in [0.2, 0.25) is 0 Å². The van der Waals surface area contributed by atoms with E-state index < -0.39 is 0 Å². The molecule has 1 unspecified atom stereocenters. The van der Waals surface area contributed by atoms with Crippen molar-refractivity contribution in [3.8, 4) is 0 Å². The first-order chi connectivity index (χ1) is 5.36. The fourth-order valence-electron chi connectivity index (χ4n) is 1.18. The number of rotatable bonds is 1. The second kappa shape index (κ2) is 2.99. The number of thioether (sulfide) groups is 1. The Labute approximate surface area is 73.8 Å². The van der Waals surface area contributed by atoms with E-state index in [1.807, 2.05) is 6.07 Å². The lowest BCUT2D eigenvalue weighted by atomic mass is 10.2. The Morgan fingerprint density at radius 1 is 1.55 bits per heavy atom. The molecule has 1 saturated heterocycles. The molecule has 1 nitrogen and oxygen atoms in total. The average Bonchev–Trinajstić information content (AvgIpc) is 2.55. The van der Waals surface area contributed by atoms with E-state index in [1.54, 1.807) is 23.1 Å². The van der Waals surface area contributed by atoms with Crippen LogP contribution in [0.1, 0.15) is 16.5 Å². The van der Waals surface area contributed by atoms with Crippen LogP contribution in [-0.4, -0.2) is 11.5 Å². The standard InChI is InChI=1S/C8H8OS2/c9-6-4-8(11-5-6)7-2-1-3-10-7/h1-3,8H,4-5H2. The van der Waals surface area contributed by atoms with Gasteiger partial charge in [0.1, 0.15) is 5.78 Å². The van der Waals surface area contributed by atoms with Gasteiger partial charge in [-0.2, -0.15) is 0 Å². The van der Waals surface area contributed by atoms with Crippen LogP contribution in [0.4, 0.5) is 0 Å². The van der Waals surface area contributed by atoms with Crippen molar-refractivity contribution >= 4 is 28.9 Å². The van der Waals surface area contributed by atoms with E-state index in [9.17, 15) is 4.79 Å². The molecule has 1 aromatic rings. The van der Waals surface area contributed by atoms with Crippen molar-refractivity contribution < 1.29 is 4.79 Å². The Morgan fingerprint density at radius 2 is 2.45 bits per heavy atom. The minimum Gasteiger partial charge on any atom is -0.299 e. The number of carbonyl (C=O) groups is 1. The van der Waals surface area contributed by atoms with Crippen LogP contribution in [0.15, 0.2) is 17.5 Å². The number of carbonyl (C=O) groups excluding carboxylic acids is 1. The zero-order valence-corrected chi connectivity index (χ0v) is 7.58. The molecule has 0 saturated carbocycles. The number of thiophene rings is 1. The highest BCUT2D eigenvalue weighted by Gasteiger charge is 2.24. The number of hydrogen-bond acceptors (Lipinski definition) is 3. The van der Waals surface area contributed by atoms with Crippen LogP contribution < -0.4 is 0 Å². The van der Waals surface area contributed by atoms with E-state index in [1.165, 1.54) is 4.88 Å². The van der Waals surface area contributed by atoms with Crippen LogP contribution in [0, 0.1) is 0 Å². The highest BCUT2D eigenvalue weighted by Crippen LogP contribution is 2.39. The fourth-order valence-corrected chi connectivity index (χ4v) is 3.30. The van der Waals surface area contributed by atoms with Gasteiger partial charge in [-0.3, -0.25) is 4.79 Å². The number of Topliss-reactive ketones (excluding diaryl/α,β-unsaturated/α-hetero) is 1. The van der Waals surface area contributed by atoms with E-state index in [0.717, 1.165) is 6.42 Å². The first-order valence-electron chi connectivity index (χ1n) is 3.53. The molecule has 58 valence electrons. The van der Waals surface area contributed by atoms with Gasteiger partial charge in [0.05, 0.1) is 5.75 Å². The summed E-state index contributed by atoms with van der Waals surface area (Å²) in [6.07, 6.45) is 0.741. The van der Waals surface area contributed by atoms with Gasteiger partial charge in [-0.05, 0) is 11.4 Å². The second-order valence-electron chi connectivity index (χ2n) is 2.56. The summed E-state index contributed by atoms with van der Waals surface area (Å²) in [4.78, 5) is 12.3. The lowest BCUT2D eigenvalue weighted by molar-refractivity contribution is -0.116. The zero-order valence-electron chi connectivity index (χ0n) is 5.95. The van der Waals surface area contributed by atoms with E-state index in [2.05, 4.69) is 11.4 Å². The fraction of sp³-hybridized carbons (Fsp3) is 0.375. The molecule has 1 aromatic heterocycles. The Morgan fingerprint density at radius 3 is 3.00 bits per heavy atom.